The third-order valence-electron chi connectivity index (χ3n) is 2.33. The number of hydrogen-bond acceptors (Lipinski definition) is 4. The van der Waals surface area contributed by atoms with Gasteiger partial charge in [0.25, 0.3) is 5.91 Å². The van der Waals surface area contributed by atoms with Gasteiger partial charge in [-0.1, -0.05) is 0 Å². The van der Waals surface area contributed by atoms with Gasteiger partial charge in [-0.15, -0.1) is 0 Å². The molecular formula is C12H13N5O. The number of rotatable bonds is 4. The van der Waals surface area contributed by atoms with E-state index in [4.69, 9.17) is 0 Å². The molecule has 0 aliphatic carbocycles. The molecule has 0 saturated heterocycles. The predicted molar refractivity (Wildman–Crippen MR) is 66.9 cm³/mol. The second kappa shape index (κ2) is 5.72. The van der Waals surface area contributed by atoms with E-state index in [9.17, 15) is 4.79 Å². The summed E-state index contributed by atoms with van der Waals surface area (Å²) in [6, 6.07) is 5.44. The molecule has 2 aromatic heterocycles. The number of nitrogens with zero attached hydrogens (tertiary/aromatic N) is 4. The van der Waals surface area contributed by atoms with Crippen molar-refractivity contribution in [1.29, 1.82) is 0 Å². The fourth-order valence-corrected chi connectivity index (χ4v) is 1.36. The number of aromatic nitrogens is 3. The molecule has 2 heterocycles. The number of carbonyl (C=O) groups is 1. The van der Waals surface area contributed by atoms with Crippen LogP contribution in [0.5, 0.6) is 0 Å². The number of carbonyl (C=O) groups excluding carboxylic acids is 1. The highest BCUT2D eigenvalue weighted by Crippen LogP contribution is 1.95. The molecule has 0 spiro atoms. The summed E-state index contributed by atoms with van der Waals surface area (Å²) in [6.07, 6.45) is 6.55. The molecule has 6 nitrogen and oxygen atoms in total. The van der Waals surface area contributed by atoms with Crippen molar-refractivity contribution in [1.82, 2.24) is 20.2 Å². The molecular weight excluding hydrogens is 230 g/mol. The monoisotopic (exact) mass is 243 g/mol. The Labute approximate surface area is 104 Å². The molecule has 0 bridgehead atoms. The third kappa shape index (κ3) is 3.24. The lowest BCUT2D eigenvalue weighted by molar-refractivity contribution is -0.121. The quantitative estimate of drug-likeness (QED) is 0.635. The van der Waals surface area contributed by atoms with E-state index < -0.39 is 0 Å². The van der Waals surface area contributed by atoms with Crippen LogP contribution >= 0.6 is 0 Å². The first kappa shape index (κ1) is 12.0. The molecule has 0 atom stereocenters. The topological polar surface area (TPSA) is 72.2 Å². The first-order valence-electron chi connectivity index (χ1n) is 5.46. The fraction of sp³-hybridized carbons (Fsp3) is 0.167. The van der Waals surface area contributed by atoms with Crippen molar-refractivity contribution in [2.45, 2.75) is 13.5 Å². The molecule has 0 aliphatic rings. The van der Waals surface area contributed by atoms with E-state index in [1.54, 1.807) is 41.6 Å². The molecule has 0 unspecified atom stereocenters. The molecule has 0 radical (unpaired) electrons. The summed E-state index contributed by atoms with van der Waals surface area (Å²) in [7, 11) is 0. The summed E-state index contributed by atoms with van der Waals surface area (Å²) in [5.74, 6) is -0.216. The van der Waals surface area contributed by atoms with Gasteiger partial charge in [0.1, 0.15) is 6.54 Å². The molecule has 0 aromatic carbocycles. The zero-order chi connectivity index (χ0) is 12.8. The fourth-order valence-electron chi connectivity index (χ4n) is 1.36. The van der Waals surface area contributed by atoms with Crippen molar-refractivity contribution in [2.75, 3.05) is 0 Å². The Bertz CT molecular complexity index is 547. The number of aryl methyl sites for hydroxylation is 1. The minimum Gasteiger partial charge on any atom is -0.271 e. The van der Waals surface area contributed by atoms with Crippen LogP contribution in [0.2, 0.25) is 0 Å². The number of amides is 1. The van der Waals surface area contributed by atoms with Crippen LogP contribution in [0.15, 0.2) is 41.9 Å². The number of hydrazone groups is 1. The maximum absolute atomic E-state index is 11.6. The minimum absolute atomic E-state index is 0.159. The molecule has 92 valence electrons. The second-order valence-corrected chi connectivity index (χ2v) is 3.70. The van der Waals surface area contributed by atoms with Crippen molar-refractivity contribution in [2.24, 2.45) is 5.10 Å². The van der Waals surface area contributed by atoms with Gasteiger partial charge < -0.3 is 0 Å². The van der Waals surface area contributed by atoms with Crippen LogP contribution in [-0.2, 0) is 11.3 Å². The van der Waals surface area contributed by atoms with Gasteiger partial charge in [0.05, 0.1) is 6.21 Å². The smallest absolute Gasteiger partial charge is 0.261 e. The zero-order valence-electron chi connectivity index (χ0n) is 9.95. The van der Waals surface area contributed by atoms with Crippen LogP contribution in [0, 0.1) is 6.92 Å². The van der Waals surface area contributed by atoms with Gasteiger partial charge >= 0.3 is 0 Å². The van der Waals surface area contributed by atoms with Gasteiger partial charge in [0, 0.05) is 24.3 Å². The van der Waals surface area contributed by atoms with Gasteiger partial charge in [-0.25, -0.2) is 5.43 Å². The van der Waals surface area contributed by atoms with Crippen LogP contribution in [0.4, 0.5) is 0 Å². The summed E-state index contributed by atoms with van der Waals surface area (Å²) in [6.45, 7) is 2.05. The normalized spacial score (nSPS) is 10.7. The molecule has 1 N–H and O–H groups in total. The zero-order valence-corrected chi connectivity index (χ0v) is 9.95. The first-order valence-corrected chi connectivity index (χ1v) is 5.46. The second-order valence-electron chi connectivity index (χ2n) is 3.70. The van der Waals surface area contributed by atoms with Gasteiger partial charge in [0.2, 0.25) is 0 Å². The first-order chi connectivity index (χ1) is 8.75. The molecule has 2 rings (SSSR count). The Balaban J connectivity index is 1.86. The largest absolute Gasteiger partial charge is 0.271 e. The van der Waals surface area contributed by atoms with E-state index in [-0.39, 0.29) is 12.5 Å². The maximum atomic E-state index is 11.6. The highest BCUT2D eigenvalue weighted by atomic mass is 16.2. The SMILES string of the molecule is Cc1ccnn1CC(=O)N/N=C\c1ccncc1. The number of pyridine rings is 1. The lowest BCUT2D eigenvalue weighted by Gasteiger charge is -2.02. The Morgan fingerprint density at radius 1 is 1.39 bits per heavy atom. The van der Waals surface area contributed by atoms with Gasteiger partial charge in [-0.05, 0) is 30.7 Å². The maximum Gasteiger partial charge on any atom is 0.261 e. The van der Waals surface area contributed by atoms with Gasteiger partial charge in [0.15, 0.2) is 0 Å². The molecule has 1 amide bonds. The molecule has 0 saturated carbocycles. The van der Waals surface area contributed by atoms with E-state index >= 15 is 0 Å². The average molecular weight is 243 g/mol. The summed E-state index contributed by atoms with van der Waals surface area (Å²) < 4.78 is 1.61. The van der Waals surface area contributed by atoms with E-state index in [1.165, 1.54) is 0 Å². The summed E-state index contributed by atoms with van der Waals surface area (Å²) in [5.41, 5.74) is 4.26. The van der Waals surface area contributed by atoms with E-state index in [0.29, 0.717) is 0 Å². The Morgan fingerprint density at radius 2 is 2.17 bits per heavy atom. The molecule has 18 heavy (non-hydrogen) atoms. The summed E-state index contributed by atoms with van der Waals surface area (Å²) >= 11 is 0. The minimum atomic E-state index is -0.216. The van der Waals surface area contributed by atoms with Crippen molar-refractivity contribution in [3.8, 4) is 0 Å². The van der Waals surface area contributed by atoms with Crippen LogP contribution in [0.25, 0.3) is 0 Å². The Kier molecular flexibility index (Phi) is 3.80. The lowest BCUT2D eigenvalue weighted by atomic mass is 10.3. The van der Waals surface area contributed by atoms with Crippen LogP contribution in [-0.4, -0.2) is 26.9 Å². The van der Waals surface area contributed by atoms with Crippen LogP contribution in [0.1, 0.15) is 11.3 Å². The van der Waals surface area contributed by atoms with E-state index in [2.05, 4.69) is 20.6 Å². The van der Waals surface area contributed by atoms with Crippen molar-refractivity contribution in [3.63, 3.8) is 0 Å². The molecule has 6 heteroatoms. The van der Waals surface area contributed by atoms with Gasteiger partial charge in [-0.3, -0.25) is 14.5 Å². The standard InChI is InChI=1S/C12H13N5O/c1-10-2-7-15-17(10)9-12(18)16-14-8-11-3-5-13-6-4-11/h2-8H,9H2,1H3,(H,16,18)/b14-8-. The highest BCUT2D eigenvalue weighted by Gasteiger charge is 2.03. The van der Waals surface area contributed by atoms with Crippen molar-refractivity contribution >= 4 is 12.1 Å². The van der Waals surface area contributed by atoms with Crippen LogP contribution < -0.4 is 5.43 Å². The highest BCUT2D eigenvalue weighted by molar-refractivity contribution is 5.82. The summed E-state index contributed by atoms with van der Waals surface area (Å²) in [4.78, 5) is 15.4. The van der Waals surface area contributed by atoms with Crippen LogP contribution in [0.3, 0.4) is 0 Å². The van der Waals surface area contributed by atoms with E-state index in [1.807, 2.05) is 13.0 Å². The van der Waals surface area contributed by atoms with E-state index in [0.717, 1.165) is 11.3 Å². The van der Waals surface area contributed by atoms with Gasteiger partial charge in [-0.2, -0.15) is 10.2 Å². The number of hydrogen-bond donors (Lipinski definition) is 1. The molecule has 0 fully saturated rings. The summed E-state index contributed by atoms with van der Waals surface area (Å²) in [5, 5.41) is 7.88. The average Bonchev–Trinajstić information content (AvgIpc) is 2.76. The third-order valence-corrected chi connectivity index (χ3v) is 2.33. The molecule has 0 aliphatic heterocycles. The Morgan fingerprint density at radius 3 is 2.83 bits per heavy atom. The lowest BCUT2D eigenvalue weighted by Crippen LogP contribution is -2.24. The Hall–Kier alpha value is -2.50. The number of nitrogens with one attached hydrogen (secondary N) is 1. The molecule has 2 aromatic rings. The van der Waals surface area contributed by atoms with Crippen molar-refractivity contribution < 1.29 is 4.79 Å². The predicted octanol–water partition coefficient (Wildman–Crippen LogP) is 0.737. The van der Waals surface area contributed by atoms with Crippen molar-refractivity contribution in [3.05, 3.63) is 48.0 Å².